The van der Waals surface area contributed by atoms with E-state index in [2.05, 4.69) is 54.3 Å². The van der Waals surface area contributed by atoms with Crippen LogP contribution in [0.15, 0.2) is 52.7 Å². The molecular weight excluding hydrogens is 460 g/mol. The van der Waals surface area contributed by atoms with Crippen LogP contribution in [-0.2, 0) is 4.74 Å². The van der Waals surface area contributed by atoms with E-state index >= 15 is 0 Å². The molecule has 0 radical (unpaired) electrons. The first-order valence-corrected chi connectivity index (χ1v) is 12.3. The molecule has 1 aliphatic rings. The van der Waals surface area contributed by atoms with E-state index in [-0.39, 0.29) is 6.04 Å². The van der Waals surface area contributed by atoms with E-state index in [0.29, 0.717) is 30.0 Å². The Labute approximate surface area is 212 Å². The van der Waals surface area contributed by atoms with Crippen LogP contribution in [0.3, 0.4) is 0 Å². The van der Waals surface area contributed by atoms with Gasteiger partial charge in [-0.1, -0.05) is 23.4 Å². The van der Waals surface area contributed by atoms with Crippen LogP contribution in [0.2, 0.25) is 0 Å². The molecule has 0 bridgehead atoms. The third kappa shape index (κ3) is 5.39. The minimum atomic E-state index is -0.200. The smallest absolute Gasteiger partial charge is 0.258 e. The summed E-state index contributed by atoms with van der Waals surface area (Å²) in [5.74, 6) is 1.81. The molecule has 1 aliphatic heterocycles. The van der Waals surface area contributed by atoms with Gasteiger partial charge < -0.3 is 24.2 Å². The van der Waals surface area contributed by atoms with E-state index in [1.165, 1.54) is 11.1 Å². The Morgan fingerprint density at radius 2 is 1.86 bits per heavy atom. The van der Waals surface area contributed by atoms with Crippen molar-refractivity contribution in [3.63, 3.8) is 0 Å². The van der Waals surface area contributed by atoms with Gasteiger partial charge in [-0.25, -0.2) is 0 Å². The summed E-state index contributed by atoms with van der Waals surface area (Å²) in [7, 11) is 1.71. The molecule has 3 aromatic rings. The van der Waals surface area contributed by atoms with E-state index in [9.17, 15) is 0 Å². The maximum atomic E-state index is 5.84. The highest BCUT2D eigenvalue weighted by molar-refractivity contribution is 7.80. The maximum Gasteiger partial charge on any atom is 0.258 e. The first-order valence-electron chi connectivity index (χ1n) is 11.8. The summed E-state index contributed by atoms with van der Waals surface area (Å²) in [6.45, 7) is 10.3. The lowest BCUT2D eigenvalue weighted by Gasteiger charge is -2.37. The standard InChI is InChI=1S/C27H32N4O3S/c1-6-33-22-12-10-20(11-13-22)25-29-26(34-30-25)23-19(4)31(14-7-15-32-5)27(35)28-24(23)21-9-8-17(2)18(3)16-21/h8-13,16,24H,6-7,14-15H2,1-5H3,(H,28,35). The monoisotopic (exact) mass is 492 g/mol. The Bertz CT molecular complexity index is 1220. The number of rotatable bonds is 9. The Morgan fingerprint density at radius 3 is 2.54 bits per heavy atom. The molecule has 4 rings (SSSR count). The van der Waals surface area contributed by atoms with Crippen molar-refractivity contribution in [3.05, 3.63) is 70.7 Å². The predicted molar refractivity (Wildman–Crippen MR) is 141 cm³/mol. The quantitative estimate of drug-likeness (QED) is 0.312. The Kier molecular flexibility index (Phi) is 7.83. The first kappa shape index (κ1) is 24.9. The number of nitrogens with one attached hydrogen (secondary N) is 1. The minimum Gasteiger partial charge on any atom is -0.494 e. The van der Waals surface area contributed by atoms with Gasteiger partial charge in [-0.05, 0) is 87.3 Å². The molecule has 1 unspecified atom stereocenters. The van der Waals surface area contributed by atoms with Gasteiger partial charge in [0.05, 0.1) is 18.2 Å². The predicted octanol–water partition coefficient (Wildman–Crippen LogP) is 5.45. The van der Waals surface area contributed by atoms with Gasteiger partial charge in [-0.15, -0.1) is 0 Å². The number of benzene rings is 2. The number of thiocarbonyl (C=S) groups is 1. The zero-order valence-electron chi connectivity index (χ0n) is 20.9. The van der Waals surface area contributed by atoms with Crippen LogP contribution in [0.5, 0.6) is 5.75 Å². The van der Waals surface area contributed by atoms with Crippen LogP contribution >= 0.6 is 12.2 Å². The van der Waals surface area contributed by atoms with Gasteiger partial charge >= 0.3 is 0 Å². The van der Waals surface area contributed by atoms with Crippen LogP contribution in [0, 0.1) is 13.8 Å². The third-order valence-electron chi connectivity index (χ3n) is 6.27. The second-order valence-electron chi connectivity index (χ2n) is 8.60. The molecule has 1 N–H and O–H groups in total. The van der Waals surface area contributed by atoms with Crippen LogP contribution in [0.4, 0.5) is 0 Å². The minimum absolute atomic E-state index is 0.200. The van der Waals surface area contributed by atoms with Crippen LogP contribution in [0.1, 0.15) is 48.9 Å². The van der Waals surface area contributed by atoms with Crippen LogP contribution < -0.4 is 10.1 Å². The van der Waals surface area contributed by atoms with Crippen molar-refractivity contribution < 1.29 is 14.0 Å². The molecule has 1 atom stereocenters. The largest absolute Gasteiger partial charge is 0.494 e. The zero-order chi connectivity index (χ0) is 24.9. The van der Waals surface area contributed by atoms with Crippen LogP contribution in [-0.4, -0.2) is 47.0 Å². The number of nitrogens with zero attached hydrogens (tertiary/aromatic N) is 3. The van der Waals surface area contributed by atoms with E-state index in [0.717, 1.165) is 41.1 Å². The summed E-state index contributed by atoms with van der Waals surface area (Å²) in [6.07, 6.45) is 0.846. The summed E-state index contributed by atoms with van der Waals surface area (Å²) < 4.78 is 16.6. The van der Waals surface area contributed by atoms with Gasteiger partial charge in [0.15, 0.2) is 5.11 Å². The molecule has 0 amide bonds. The number of aromatic nitrogens is 2. The van der Waals surface area contributed by atoms with Crippen LogP contribution in [0.25, 0.3) is 17.0 Å². The molecular formula is C27H32N4O3S. The lowest BCUT2D eigenvalue weighted by Crippen LogP contribution is -2.46. The fourth-order valence-corrected chi connectivity index (χ4v) is 4.55. The highest BCUT2D eigenvalue weighted by atomic mass is 32.1. The molecule has 2 aromatic carbocycles. The summed E-state index contributed by atoms with van der Waals surface area (Å²) in [5, 5.41) is 8.49. The molecule has 0 fully saturated rings. The fourth-order valence-electron chi connectivity index (χ4n) is 4.21. The maximum absolute atomic E-state index is 5.84. The molecule has 0 aliphatic carbocycles. The SMILES string of the molecule is CCOc1ccc(-c2noc(C3=C(C)N(CCCOC)C(=S)NC3c3ccc(C)c(C)c3)n2)cc1. The Hall–Kier alpha value is -3.23. The van der Waals surface area contributed by atoms with Crippen molar-refractivity contribution >= 4 is 22.9 Å². The van der Waals surface area contributed by atoms with Gasteiger partial charge in [0.1, 0.15) is 5.75 Å². The van der Waals surface area contributed by atoms with Crippen molar-refractivity contribution in [3.8, 4) is 17.1 Å². The van der Waals surface area contributed by atoms with E-state index in [1.54, 1.807) is 7.11 Å². The molecule has 1 aromatic heterocycles. The summed E-state index contributed by atoms with van der Waals surface area (Å²) in [5.41, 5.74) is 6.34. The summed E-state index contributed by atoms with van der Waals surface area (Å²) in [6, 6.07) is 13.9. The number of methoxy groups -OCH3 is 1. The molecule has 35 heavy (non-hydrogen) atoms. The summed E-state index contributed by atoms with van der Waals surface area (Å²) in [4.78, 5) is 6.88. The number of hydrogen-bond donors (Lipinski definition) is 1. The van der Waals surface area contributed by atoms with Crippen molar-refractivity contribution in [2.24, 2.45) is 0 Å². The first-order chi connectivity index (χ1) is 16.9. The average molecular weight is 493 g/mol. The van der Waals surface area contributed by atoms with Gasteiger partial charge in [0.25, 0.3) is 5.89 Å². The number of aryl methyl sites for hydroxylation is 2. The average Bonchev–Trinajstić information content (AvgIpc) is 3.33. The number of allylic oxidation sites excluding steroid dienone is 1. The van der Waals surface area contributed by atoms with Crippen molar-refractivity contribution in [2.75, 3.05) is 26.9 Å². The molecule has 0 saturated carbocycles. The van der Waals surface area contributed by atoms with Gasteiger partial charge in [0.2, 0.25) is 5.82 Å². The molecule has 0 spiro atoms. The Morgan fingerprint density at radius 1 is 1.09 bits per heavy atom. The highest BCUT2D eigenvalue weighted by Crippen LogP contribution is 2.38. The normalized spacial score (nSPS) is 16.0. The van der Waals surface area contributed by atoms with Crippen molar-refractivity contribution in [1.29, 1.82) is 0 Å². The zero-order valence-corrected chi connectivity index (χ0v) is 21.7. The lowest BCUT2D eigenvalue weighted by molar-refractivity contribution is 0.188. The van der Waals surface area contributed by atoms with Gasteiger partial charge in [0, 0.05) is 31.5 Å². The second kappa shape index (κ2) is 11.0. The number of ether oxygens (including phenoxy) is 2. The van der Waals surface area contributed by atoms with E-state index in [1.807, 2.05) is 31.2 Å². The van der Waals surface area contributed by atoms with E-state index < -0.39 is 0 Å². The second-order valence-corrected chi connectivity index (χ2v) is 8.99. The number of hydrogen-bond acceptors (Lipinski definition) is 6. The van der Waals surface area contributed by atoms with Gasteiger partial charge in [-0.3, -0.25) is 0 Å². The molecule has 0 saturated heterocycles. The van der Waals surface area contributed by atoms with E-state index in [4.69, 9.17) is 31.2 Å². The van der Waals surface area contributed by atoms with Gasteiger partial charge in [-0.2, -0.15) is 4.98 Å². The molecule has 184 valence electrons. The fraction of sp³-hybridized carbons (Fsp3) is 0.370. The molecule has 2 heterocycles. The highest BCUT2D eigenvalue weighted by Gasteiger charge is 2.34. The summed E-state index contributed by atoms with van der Waals surface area (Å²) >= 11 is 5.77. The molecule has 7 nitrogen and oxygen atoms in total. The third-order valence-corrected chi connectivity index (χ3v) is 6.61. The molecule has 8 heteroatoms. The lowest BCUT2D eigenvalue weighted by atomic mass is 9.92. The van der Waals surface area contributed by atoms with Crippen molar-refractivity contribution in [2.45, 2.75) is 40.2 Å². The topological polar surface area (TPSA) is 72.7 Å². The van der Waals surface area contributed by atoms with Crippen molar-refractivity contribution in [1.82, 2.24) is 20.4 Å². The Balaban J connectivity index is 1.74.